The topological polar surface area (TPSA) is 50.7 Å². The Kier molecular flexibility index (Phi) is 3.63. The third-order valence-electron chi connectivity index (χ3n) is 2.48. The van der Waals surface area contributed by atoms with E-state index in [1.54, 1.807) is 18.2 Å². The molecule has 1 aliphatic heterocycles. The van der Waals surface area contributed by atoms with Crippen LogP contribution in [0, 0.1) is 0 Å². The molecule has 1 aromatic carbocycles. The first-order valence-corrected chi connectivity index (χ1v) is 5.31. The van der Waals surface area contributed by atoms with Crippen LogP contribution in [0.2, 0.25) is 0 Å². The van der Waals surface area contributed by atoms with Crippen LogP contribution in [0.3, 0.4) is 0 Å². The van der Waals surface area contributed by atoms with Crippen molar-refractivity contribution in [2.45, 2.75) is 18.8 Å². The third kappa shape index (κ3) is 3.05. The van der Waals surface area contributed by atoms with E-state index in [0.717, 1.165) is 5.56 Å². The SMILES string of the molecule is OC(CNCc1ccc2c(c1)OCO2)C(F)(F)F. The maximum Gasteiger partial charge on any atom is 0.415 e. The van der Waals surface area contributed by atoms with Gasteiger partial charge in [0.25, 0.3) is 0 Å². The van der Waals surface area contributed by atoms with Crippen molar-refractivity contribution in [3.05, 3.63) is 23.8 Å². The molecular weight excluding hydrogens is 251 g/mol. The lowest BCUT2D eigenvalue weighted by atomic mass is 10.2. The molecule has 1 heterocycles. The monoisotopic (exact) mass is 263 g/mol. The molecule has 2 N–H and O–H groups in total. The summed E-state index contributed by atoms with van der Waals surface area (Å²) >= 11 is 0. The van der Waals surface area contributed by atoms with Gasteiger partial charge in [-0.15, -0.1) is 0 Å². The second-order valence-electron chi connectivity index (χ2n) is 3.88. The Morgan fingerprint density at radius 2 is 2.00 bits per heavy atom. The number of hydrogen-bond donors (Lipinski definition) is 2. The molecule has 0 radical (unpaired) electrons. The predicted octanol–water partition coefficient (Wildman–Crippen LogP) is 1.43. The minimum Gasteiger partial charge on any atom is -0.454 e. The maximum atomic E-state index is 12.0. The number of halogens is 3. The number of hydrogen-bond acceptors (Lipinski definition) is 4. The van der Waals surface area contributed by atoms with Gasteiger partial charge in [0, 0.05) is 13.1 Å². The summed E-state index contributed by atoms with van der Waals surface area (Å²) < 4.78 is 46.3. The van der Waals surface area contributed by atoms with Crippen LogP contribution in [-0.4, -0.2) is 30.7 Å². The highest BCUT2D eigenvalue weighted by atomic mass is 19.4. The number of aliphatic hydroxyl groups is 1. The number of nitrogens with one attached hydrogen (secondary N) is 1. The van der Waals surface area contributed by atoms with Gasteiger partial charge in [-0.2, -0.15) is 13.2 Å². The van der Waals surface area contributed by atoms with Crippen LogP contribution in [-0.2, 0) is 6.54 Å². The van der Waals surface area contributed by atoms with Crippen molar-refractivity contribution in [3.8, 4) is 11.5 Å². The molecule has 0 fully saturated rings. The summed E-state index contributed by atoms with van der Waals surface area (Å²) in [4.78, 5) is 0. The van der Waals surface area contributed by atoms with Crippen LogP contribution in [0.15, 0.2) is 18.2 Å². The van der Waals surface area contributed by atoms with E-state index in [4.69, 9.17) is 14.6 Å². The highest BCUT2D eigenvalue weighted by molar-refractivity contribution is 5.44. The zero-order valence-electron chi connectivity index (χ0n) is 9.33. The lowest BCUT2D eigenvalue weighted by molar-refractivity contribution is -0.201. The number of alkyl halides is 3. The fraction of sp³-hybridized carbons (Fsp3) is 0.455. The molecule has 0 bridgehead atoms. The van der Waals surface area contributed by atoms with Crippen LogP contribution >= 0.6 is 0 Å². The molecular formula is C11H12F3NO3. The number of aliphatic hydroxyl groups excluding tert-OH is 1. The molecule has 1 aromatic rings. The normalized spacial score (nSPS) is 15.8. The highest BCUT2D eigenvalue weighted by Gasteiger charge is 2.37. The van der Waals surface area contributed by atoms with Crippen molar-refractivity contribution in [1.82, 2.24) is 5.32 Å². The zero-order chi connectivity index (χ0) is 13.2. The molecule has 0 aliphatic carbocycles. The Bertz CT molecular complexity index is 422. The predicted molar refractivity (Wildman–Crippen MR) is 56.3 cm³/mol. The summed E-state index contributed by atoms with van der Waals surface area (Å²) in [5.41, 5.74) is 0.758. The van der Waals surface area contributed by atoms with Crippen molar-refractivity contribution in [2.75, 3.05) is 13.3 Å². The Labute approximate surface area is 101 Å². The Hall–Kier alpha value is -1.47. The van der Waals surface area contributed by atoms with E-state index in [9.17, 15) is 13.2 Å². The summed E-state index contributed by atoms with van der Waals surface area (Å²) in [6.07, 6.45) is -6.95. The average molecular weight is 263 g/mol. The number of benzene rings is 1. The molecule has 18 heavy (non-hydrogen) atoms. The molecule has 0 amide bonds. The minimum absolute atomic E-state index is 0.152. The van der Waals surface area contributed by atoms with E-state index in [1.165, 1.54) is 0 Å². The second-order valence-corrected chi connectivity index (χ2v) is 3.88. The van der Waals surface area contributed by atoms with Crippen molar-refractivity contribution in [1.29, 1.82) is 0 Å². The Morgan fingerprint density at radius 3 is 2.72 bits per heavy atom. The molecule has 0 aromatic heterocycles. The molecule has 2 rings (SSSR count). The highest BCUT2D eigenvalue weighted by Crippen LogP contribution is 2.32. The first-order valence-electron chi connectivity index (χ1n) is 5.31. The molecule has 4 nitrogen and oxygen atoms in total. The quantitative estimate of drug-likeness (QED) is 0.862. The summed E-state index contributed by atoms with van der Waals surface area (Å²) in [7, 11) is 0. The lowest BCUT2D eigenvalue weighted by Crippen LogP contribution is -2.38. The summed E-state index contributed by atoms with van der Waals surface area (Å²) in [5, 5.41) is 11.3. The zero-order valence-corrected chi connectivity index (χ0v) is 9.33. The van der Waals surface area contributed by atoms with Crippen LogP contribution in [0.4, 0.5) is 13.2 Å². The number of fused-ring (bicyclic) bond motifs is 1. The van der Waals surface area contributed by atoms with E-state index < -0.39 is 18.8 Å². The molecule has 0 spiro atoms. The van der Waals surface area contributed by atoms with E-state index in [1.807, 2.05) is 0 Å². The van der Waals surface area contributed by atoms with E-state index in [-0.39, 0.29) is 13.3 Å². The largest absolute Gasteiger partial charge is 0.454 e. The molecule has 0 saturated carbocycles. The van der Waals surface area contributed by atoms with Crippen LogP contribution < -0.4 is 14.8 Å². The lowest BCUT2D eigenvalue weighted by Gasteiger charge is -2.15. The summed E-state index contributed by atoms with van der Waals surface area (Å²) in [6.45, 7) is -0.180. The minimum atomic E-state index is -4.60. The van der Waals surface area contributed by atoms with Gasteiger partial charge < -0.3 is 19.9 Å². The summed E-state index contributed by atoms with van der Waals surface area (Å²) in [5.74, 6) is 1.19. The number of ether oxygens (including phenoxy) is 2. The smallest absolute Gasteiger partial charge is 0.415 e. The van der Waals surface area contributed by atoms with Crippen molar-refractivity contribution in [2.24, 2.45) is 0 Å². The average Bonchev–Trinajstić information content (AvgIpc) is 2.74. The number of rotatable bonds is 4. The molecule has 1 atom stereocenters. The fourth-order valence-electron chi connectivity index (χ4n) is 1.52. The van der Waals surface area contributed by atoms with Gasteiger partial charge in [-0.1, -0.05) is 6.07 Å². The van der Waals surface area contributed by atoms with Crippen LogP contribution in [0.1, 0.15) is 5.56 Å². The maximum absolute atomic E-state index is 12.0. The van der Waals surface area contributed by atoms with Gasteiger partial charge in [0.05, 0.1) is 0 Å². The molecule has 100 valence electrons. The van der Waals surface area contributed by atoms with E-state index >= 15 is 0 Å². The molecule has 1 unspecified atom stereocenters. The molecule has 1 aliphatic rings. The van der Waals surface area contributed by atoms with Gasteiger partial charge in [0.1, 0.15) is 0 Å². The van der Waals surface area contributed by atoms with Crippen molar-refractivity contribution >= 4 is 0 Å². The van der Waals surface area contributed by atoms with Crippen molar-refractivity contribution < 1.29 is 27.8 Å². The first kappa shape index (κ1) is 13.0. The second kappa shape index (κ2) is 5.03. The summed E-state index contributed by atoms with van der Waals surface area (Å²) in [6, 6.07) is 5.11. The van der Waals surface area contributed by atoms with Gasteiger partial charge in [0.15, 0.2) is 17.6 Å². The van der Waals surface area contributed by atoms with Gasteiger partial charge in [-0.05, 0) is 17.7 Å². The van der Waals surface area contributed by atoms with E-state index in [0.29, 0.717) is 11.5 Å². The van der Waals surface area contributed by atoms with Gasteiger partial charge in [0.2, 0.25) is 6.79 Å². The van der Waals surface area contributed by atoms with Gasteiger partial charge in [-0.25, -0.2) is 0 Å². The molecule has 0 saturated heterocycles. The third-order valence-corrected chi connectivity index (χ3v) is 2.48. The van der Waals surface area contributed by atoms with Crippen molar-refractivity contribution in [3.63, 3.8) is 0 Å². The van der Waals surface area contributed by atoms with Crippen LogP contribution in [0.5, 0.6) is 11.5 Å². The Morgan fingerprint density at radius 1 is 1.28 bits per heavy atom. The standard InChI is InChI=1S/C11H12F3NO3/c12-11(13,14)10(16)5-15-4-7-1-2-8-9(3-7)18-6-17-8/h1-3,10,15-16H,4-6H2. The van der Waals surface area contributed by atoms with E-state index in [2.05, 4.69) is 5.32 Å². The van der Waals surface area contributed by atoms with Gasteiger partial charge >= 0.3 is 6.18 Å². The van der Waals surface area contributed by atoms with Gasteiger partial charge in [-0.3, -0.25) is 0 Å². The Balaban J connectivity index is 1.84. The van der Waals surface area contributed by atoms with Crippen LogP contribution in [0.25, 0.3) is 0 Å². The fourth-order valence-corrected chi connectivity index (χ4v) is 1.52. The first-order chi connectivity index (χ1) is 8.47. The molecule has 7 heteroatoms.